The summed E-state index contributed by atoms with van der Waals surface area (Å²) in [6.45, 7) is 7.27. The lowest BCUT2D eigenvalue weighted by Gasteiger charge is -2.37. The van der Waals surface area contributed by atoms with Crippen molar-refractivity contribution in [3.8, 4) is 0 Å². The zero-order valence-corrected chi connectivity index (χ0v) is 11.6. The van der Waals surface area contributed by atoms with Crippen LogP contribution in [0.5, 0.6) is 0 Å². The van der Waals surface area contributed by atoms with Crippen molar-refractivity contribution in [3.05, 3.63) is 0 Å². The Kier molecular flexibility index (Phi) is 4.24. The molecule has 5 heteroatoms. The van der Waals surface area contributed by atoms with Crippen LogP contribution < -0.4 is 5.32 Å². The van der Waals surface area contributed by atoms with Crippen molar-refractivity contribution in [2.45, 2.75) is 64.5 Å². The monoisotopic (exact) mass is 257 g/mol. The number of carbonyl (C=O) groups is 2. The minimum atomic E-state index is -1.17. The van der Waals surface area contributed by atoms with Gasteiger partial charge < -0.3 is 15.2 Å². The SMILES string of the molecule is C[C@H]1CCC[C@@](NC(=O)OC(C)(C)C)(C(=O)O)C1. The molecular weight excluding hydrogens is 234 g/mol. The third-order valence-electron chi connectivity index (χ3n) is 3.15. The molecular formula is C13H23NO4. The van der Waals surface area contributed by atoms with Crippen molar-refractivity contribution in [3.63, 3.8) is 0 Å². The molecule has 1 aliphatic rings. The number of carboxylic acid groups (broad SMARTS) is 1. The fourth-order valence-corrected chi connectivity index (χ4v) is 2.41. The summed E-state index contributed by atoms with van der Waals surface area (Å²) < 4.78 is 5.14. The molecule has 1 rings (SSSR count). The zero-order chi connectivity index (χ0) is 14.0. The molecule has 5 nitrogen and oxygen atoms in total. The fraction of sp³-hybridized carbons (Fsp3) is 0.846. The number of amides is 1. The summed E-state index contributed by atoms with van der Waals surface area (Å²) in [5.41, 5.74) is -1.79. The van der Waals surface area contributed by atoms with Crippen LogP contribution in [0.15, 0.2) is 0 Å². The van der Waals surface area contributed by atoms with Gasteiger partial charge in [0, 0.05) is 0 Å². The molecule has 18 heavy (non-hydrogen) atoms. The Hall–Kier alpha value is -1.26. The van der Waals surface area contributed by atoms with E-state index in [0.717, 1.165) is 12.8 Å². The number of carbonyl (C=O) groups excluding carboxylic acids is 1. The maximum atomic E-state index is 11.7. The molecule has 1 amide bonds. The average Bonchev–Trinajstić information content (AvgIpc) is 2.13. The Labute approximate surface area is 108 Å². The Balaban J connectivity index is 2.74. The summed E-state index contributed by atoms with van der Waals surface area (Å²) in [5.74, 6) is -0.676. The standard InChI is InChI=1S/C13H23NO4/c1-9-6-5-7-13(8-9,10(15)16)14-11(17)18-12(2,3)4/h9H,5-8H2,1-4H3,(H,14,17)(H,15,16)/t9-,13-/m0/s1. The molecule has 1 fully saturated rings. The number of carboxylic acids is 1. The van der Waals surface area contributed by atoms with Crippen LogP contribution in [-0.2, 0) is 9.53 Å². The van der Waals surface area contributed by atoms with E-state index in [9.17, 15) is 14.7 Å². The number of aliphatic carboxylic acids is 1. The summed E-state index contributed by atoms with van der Waals surface area (Å²) in [7, 11) is 0. The van der Waals surface area contributed by atoms with Gasteiger partial charge in [0.15, 0.2) is 0 Å². The smallest absolute Gasteiger partial charge is 0.408 e. The molecule has 2 atom stereocenters. The molecule has 0 heterocycles. The third kappa shape index (κ3) is 3.89. The van der Waals surface area contributed by atoms with E-state index in [1.54, 1.807) is 20.8 Å². The molecule has 0 aromatic rings. The van der Waals surface area contributed by atoms with Crippen LogP contribution in [0.4, 0.5) is 4.79 Å². The van der Waals surface area contributed by atoms with Gasteiger partial charge in [0.05, 0.1) is 0 Å². The summed E-state index contributed by atoms with van der Waals surface area (Å²) in [5, 5.41) is 11.9. The summed E-state index contributed by atoms with van der Waals surface area (Å²) in [6, 6.07) is 0. The Morgan fingerprint density at radius 2 is 2.00 bits per heavy atom. The predicted octanol–water partition coefficient (Wildman–Crippen LogP) is 2.54. The van der Waals surface area contributed by atoms with Gasteiger partial charge >= 0.3 is 12.1 Å². The summed E-state index contributed by atoms with van der Waals surface area (Å²) >= 11 is 0. The van der Waals surface area contributed by atoms with Crippen LogP contribution in [0.25, 0.3) is 0 Å². The van der Waals surface area contributed by atoms with Gasteiger partial charge in [-0.25, -0.2) is 9.59 Å². The molecule has 0 spiro atoms. The van der Waals surface area contributed by atoms with Crippen molar-refractivity contribution in [1.29, 1.82) is 0 Å². The van der Waals surface area contributed by atoms with Gasteiger partial charge in [-0.05, 0) is 39.5 Å². The molecule has 0 unspecified atom stereocenters. The molecule has 1 saturated carbocycles. The van der Waals surface area contributed by atoms with Crippen LogP contribution in [0, 0.1) is 5.92 Å². The van der Waals surface area contributed by atoms with E-state index in [-0.39, 0.29) is 0 Å². The maximum Gasteiger partial charge on any atom is 0.408 e. The lowest BCUT2D eigenvalue weighted by Crippen LogP contribution is -2.57. The lowest BCUT2D eigenvalue weighted by molar-refractivity contribution is -0.147. The van der Waals surface area contributed by atoms with E-state index in [4.69, 9.17) is 4.74 Å². The highest BCUT2D eigenvalue weighted by Crippen LogP contribution is 2.32. The minimum Gasteiger partial charge on any atom is -0.480 e. The van der Waals surface area contributed by atoms with Crippen molar-refractivity contribution < 1.29 is 19.4 Å². The van der Waals surface area contributed by atoms with Gasteiger partial charge in [0.25, 0.3) is 0 Å². The molecule has 0 aromatic carbocycles. The quantitative estimate of drug-likeness (QED) is 0.797. The molecule has 0 saturated heterocycles. The van der Waals surface area contributed by atoms with Crippen molar-refractivity contribution >= 4 is 12.1 Å². The van der Waals surface area contributed by atoms with Gasteiger partial charge in [-0.15, -0.1) is 0 Å². The number of ether oxygens (including phenoxy) is 1. The second kappa shape index (κ2) is 5.16. The molecule has 0 bridgehead atoms. The molecule has 0 aliphatic heterocycles. The summed E-state index contributed by atoms with van der Waals surface area (Å²) in [6.07, 6.45) is 2.08. The van der Waals surface area contributed by atoms with E-state index >= 15 is 0 Å². The number of rotatable bonds is 2. The predicted molar refractivity (Wildman–Crippen MR) is 67.4 cm³/mol. The van der Waals surface area contributed by atoms with Gasteiger partial charge in [0.2, 0.25) is 0 Å². The third-order valence-corrected chi connectivity index (χ3v) is 3.15. The first-order valence-electron chi connectivity index (χ1n) is 6.39. The van der Waals surface area contributed by atoms with Gasteiger partial charge in [-0.2, -0.15) is 0 Å². The normalized spacial score (nSPS) is 28.6. The van der Waals surface area contributed by atoms with Crippen LogP contribution in [-0.4, -0.2) is 28.3 Å². The van der Waals surface area contributed by atoms with E-state index in [0.29, 0.717) is 18.8 Å². The Bertz CT molecular complexity index is 334. The summed E-state index contributed by atoms with van der Waals surface area (Å²) in [4.78, 5) is 23.2. The van der Waals surface area contributed by atoms with E-state index in [1.165, 1.54) is 0 Å². The first-order valence-corrected chi connectivity index (χ1v) is 6.39. The first-order chi connectivity index (χ1) is 8.15. The number of hydrogen-bond acceptors (Lipinski definition) is 3. The van der Waals surface area contributed by atoms with Crippen molar-refractivity contribution in [2.24, 2.45) is 5.92 Å². The molecule has 1 aliphatic carbocycles. The highest BCUT2D eigenvalue weighted by Gasteiger charge is 2.44. The van der Waals surface area contributed by atoms with Crippen LogP contribution in [0.2, 0.25) is 0 Å². The highest BCUT2D eigenvalue weighted by atomic mass is 16.6. The number of alkyl carbamates (subject to hydrolysis) is 1. The molecule has 0 radical (unpaired) electrons. The lowest BCUT2D eigenvalue weighted by atomic mass is 9.76. The second-order valence-corrected chi connectivity index (χ2v) is 6.22. The first kappa shape index (κ1) is 14.8. The van der Waals surface area contributed by atoms with Crippen molar-refractivity contribution in [2.75, 3.05) is 0 Å². The molecule has 104 valence electrons. The van der Waals surface area contributed by atoms with Gasteiger partial charge in [-0.3, -0.25) is 0 Å². The van der Waals surface area contributed by atoms with E-state index in [2.05, 4.69) is 5.32 Å². The van der Waals surface area contributed by atoms with Crippen LogP contribution in [0.3, 0.4) is 0 Å². The maximum absolute atomic E-state index is 11.7. The topological polar surface area (TPSA) is 75.6 Å². The average molecular weight is 257 g/mol. The second-order valence-electron chi connectivity index (χ2n) is 6.22. The molecule has 2 N–H and O–H groups in total. The largest absolute Gasteiger partial charge is 0.480 e. The van der Waals surface area contributed by atoms with E-state index in [1.807, 2.05) is 6.92 Å². The van der Waals surface area contributed by atoms with Crippen molar-refractivity contribution in [1.82, 2.24) is 5.32 Å². The van der Waals surface area contributed by atoms with Crippen LogP contribution in [0.1, 0.15) is 53.4 Å². The fourth-order valence-electron chi connectivity index (χ4n) is 2.41. The number of nitrogens with one attached hydrogen (secondary N) is 1. The zero-order valence-electron chi connectivity index (χ0n) is 11.6. The van der Waals surface area contributed by atoms with Gasteiger partial charge in [0.1, 0.15) is 11.1 Å². The molecule has 0 aromatic heterocycles. The Morgan fingerprint density at radius 3 is 2.44 bits per heavy atom. The van der Waals surface area contributed by atoms with Crippen LogP contribution >= 0.6 is 0 Å². The van der Waals surface area contributed by atoms with E-state index < -0.39 is 23.2 Å². The van der Waals surface area contributed by atoms with Gasteiger partial charge in [-0.1, -0.05) is 19.8 Å². The Morgan fingerprint density at radius 1 is 1.39 bits per heavy atom. The minimum absolute atomic E-state index is 0.296. The highest BCUT2D eigenvalue weighted by molar-refractivity contribution is 5.84. The number of hydrogen-bond donors (Lipinski definition) is 2.